The summed E-state index contributed by atoms with van der Waals surface area (Å²) >= 11 is 1.66. The molecule has 0 aliphatic carbocycles. The molecule has 0 spiro atoms. The average Bonchev–Trinajstić information content (AvgIpc) is 3.42. The Morgan fingerprint density at radius 1 is 1.03 bits per heavy atom. The average molecular weight is 398 g/mol. The third-order valence-corrected chi connectivity index (χ3v) is 6.32. The molecule has 7 heteroatoms. The van der Waals surface area contributed by atoms with Crippen LogP contribution >= 0.6 is 11.3 Å². The van der Waals surface area contributed by atoms with Crippen molar-refractivity contribution in [1.29, 1.82) is 0 Å². The molecule has 1 aliphatic heterocycles. The van der Waals surface area contributed by atoms with Gasteiger partial charge in [-0.25, -0.2) is 4.98 Å². The Bertz CT molecular complexity index is 1340. The van der Waals surface area contributed by atoms with Gasteiger partial charge >= 0.3 is 0 Å². The molecule has 3 aromatic heterocycles. The number of fused-ring (bicyclic) bond motifs is 3. The maximum absolute atomic E-state index is 4.92. The van der Waals surface area contributed by atoms with Crippen molar-refractivity contribution in [3.63, 3.8) is 0 Å². The molecule has 6 rings (SSSR count). The largest absolute Gasteiger partial charge is 0.339 e. The predicted octanol–water partition coefficient (Wildman–Crippen LogP) is 4.87. The van der Waals surface area contributed by atoms with E-state index in [1.807, 2.05) is 18.3 Å². The lowest BCUT2D eigenvalue weighted by Crippen LogP contribution is -2.31. The molecule has 0 radical (unpaired) electrons. The zero-order chi connectivity index (χ0) is 19.2. The van der Waals surface area contributed by atoms with Gasteiger partial charge in [-0.05, 0) is 47.2 Å². The Hall–Kier alpha value is -3.45. The van der Waals surface area contributed by atoms with E-state index in [9.17, 15) is 0 Å². The molecule has 2 N–H and O–H groups in total. The van der Waals surface area contributed by atoms with Crippen LogP contribution in [-0.2, 0) is 13.0 Å². The molecule has 142 valence electrons. The number of anilines is 3. The predicted molar refractivity (Wildman–Crippen MR) is 118 cm³/mol. The molecule has 0 saturated carbocycles. The van der Waals surface area contributed by atoms with Crippen LogP contribution in [0, 0.1) is 0 Å². The van der Waals surface area contributed by atoms with Crippen molar-refractivity contribution in [3.8, 4) is 0 Å². The Labute approximate surface area is 171 Å². The topological polar surface area (TPSA) is 69.7 Å². The fourth-order valence-electron chi connectivity index (χ4n) is 3.90. The normalized spacial score (nSPS) is 13.7. The lowest BCUT2D eigenvalue weighted by Gasteiger charge is -2.29. The SMILES string of the molecule is c1ccc2c(c1)CCN(c1nc(Nc3ccc4[nH]ncc4c3)c3sccc3n1)C2. The molecule has 6 nitrogen and oxygen atoms in total. The summed E-state index contributed by atoms with van der Waals surface area (Å²) in [5, 5.41) is 13.7. The first kappa shape index (κ1) is 16.5. The van der Waals surface area contributed by atoms with Crippen LogP contribution in [0.25, 0.3) is 21.1 Å². The number of nitrogens with one attached hydrogen (secondary N) is 2. The summed E-state index contributed by atoms with van der Waals surface area (Å²) in [5.74, 6) is 1.62. The molecular formula is C22H18N6S. The van der Waals surface area contributed by atoms with Crippen molar-refractivity contribution < 1.29 is 0 Å². The second-order valence-electron chi connectivity index (χ2n) is 7.24. The first-order valence-electron chi connectivity index (χ1n) is 9.61. The molecular weight excluding hydrogens is 380 g/mol. The lowest BCUT2D eigenvalue weighted by atomic mass is 10.0. The van der Waals surface area contributed by atoms with E-state index in [4.69, 9.17) is 9.97 Å². The number of nitrogens with zero attached hydrogens (tertiary/aromatic N) is 4. The molecule has 0 atom stereocenters. The van der Waals surface area contributed by atoms with Gasteiger partial charge in [0.2, 0.25) is 5.95 Å². The number of aromatic amines is 1. The van der Waals surface area contributed by atoms with Gasteiger partial charge in [0.1, 0.15) is 0 Å². The monoisotopic (exact) mass is 398 g/mol. The summed E-state index contributed by atoms with van der Waals surface area (Å²) in [7, 11) is 0. The number of benzene rings is 2. The van der Waals surface area contributed by atoms with Crippen molar-refractivity contribution in [1.82, 2.24) is 20.2 Å². The van der Waals surface area contributed by atoms with Gasteiger partial charge in [0.25, 0.3) is 0 Å². The van der Waals surface area contributed by atoms with E-state index in [1.165, 1.54) is 11.1 Å². The third kappa shape index (κ3) is 2.91. The highest BCUT2D eigenvalue weighted by Crippen LogP contribution is 2.32. The Morgan fingerprint density at radius 3 is 2.93 bits per heavy atom. The van der Waals surface area contributed by atoms with Crippen molar-refractivity contribution in [3.05, 3.63) is 71.2 Å². The van der Waals surface area contributed by atoms with Crippen LogP contribution in [0.5, 0.6) is 0 Å². The van der Waals surface area contributed by atoms with Gasteiger partial charge in [-0.3, -0.25) is 5.10 Å². The molecule has 0 unspecified atom stereocenters. The molecule has 0 fully saturated rings. The fourth-order valence-corrected chi connectivity index (χ4v) is 4.68. The maximum Gasteiger partial charge on any atom is 0.228 e. The molecule has 0 saturated heterocycles. The Morgan fingerprint density at radius 2 is 1.97 bits per heavy atom. The summed E-state index contributed by atoms with van der Waals surface area (Å²) in [6.07, 6.45) is 2.85. The quantitative estimate of drug-likeness (QED) is 0.454. The Balaban J connectivity index is 1.38. The van der Waals surface area contributed by atoms with Gasteiger partial charge in [0.05, 0.1) is 21.9 Å². The summed E-state index contributed by atoms with van der Waals surface area (Å²) in [6, 6.07) is 16.8. The highest BCUT2D eigenvalue weighted by Gasteiger charge is 2.20. The Kier molecular flexibility index (Phi) is 3.73. The van der Waals surface area contributed by atoms with Crippen LogP contribution in [0.15, 0.2) is 60.1 Å². The van der Waals surface area contributed by atoms with E-state index in [0.29, 0.717) is 0 Å². The van der Waals surface area contributed by atoms with Crippen LogP contribution in [0.3, 0.4) is 0 Å². The summed E-state index contributed by atoms with van der Waals surface area (Å²) in [4.78, 5) is 12.0. The van der Waals surface area contributed by atoms with Gasteiger partial charge in [-0.15, -0.1) is 11.3 Å². The van der Waals surface area contributed by atoms with Gasteiger partial charge in [0.15, 0.2) is 5.82 Å². The van der Waals surface area contributed by atoms with E-state index >= 15 is 0 Å². The van der Waals surface area contributed by atoms with E-state index in [-0.39, 0.29) is 0 Å². The second kappa shape index (κ2) is 6.56. The van der Waals surface area contributed by atoms with Gasteiger partial charge in [-0.2, -0.15) is 10.1 Å². The summed E-state index contributed by atoms with van der Waals surface area (Å²) in [6.45, 7) is 1.76. The molecule has 0 amide bonds. The third-order valence-electron chi connectivity index (χ3n) is 5.41. The highest BCUT2D eigenvalue weighted by molar-refractivity contribution is 7.17. The maximum atomic E-state index is 4.92. The van der Waals surface area contributed by atoms with Gasteiger partial charge in [-0.1, -0.05) is 24.3 Å². The van der Waals surface area contributed by atoms with Gasteiger partial charge in [0, 0.05) is 24.2 Å². The van der Waals surface area contributed by atoms with E-state index in [0.717, 1.165) is 58.1 Å². The first-order valence-corrected chi connectivity index (χ1v) is 10.5. The standard InChI is InChI=1S/C22H18N6S/c1-2-4-15-13-28(9-7-14(15)3-1)22-25-19-8-10-29-20(19)21(26-22)24-17-5-6-18-16(11-17)12-23-27-18/h1-6,8,10-12H,7,9,13H2,(H,23,27)(H,24,25,26). The minimum atomic E-state index is 0.775. The second-order valence-corrected chi connectivity index (χ2v) is 8.16. The van der Waals surface area contributed by atoms with Crippen LogP contribution < -0.4 is 10.2 Å². The smallest absolute Gasteiger partial charge is 0.228 e. The number of hydrogen-bond donors (Lipinski definition) is 2. The van der Waals surface area contributed by atoms with Crippen LogP contribution in [0.4, 0.5) is 17.5 Å². The van der Waals surface area contributed by atoms with Crippen LogP contribution in [0.2, 0.25) is 0 Å². The first-order chi connectivity index (χ1) is 14.3. The number of H-pyrrole nitrogens is 1. The minimum Gasteiger partial charge on any atom is -0.339 e. The molecule has 4 heterocycles. The molecule has 1 aliphatic rings. The van der Waals surface area contributed by atoms with Crippen molar-refractivity contribution in [2.24, 2.45) is 0 Å². The lowest BCUT2D eigenvalue weighted by molar-refractivity contribution is 0.710. The van der Waals surface area contributed by atoms with Crippen LogP contribution in [-0.4, -0.2) is 26.7 Å². The molecule has 5 aromatic rings. The summed E-state index contributed by atoms with van der Waals surface area (Å²) in [5.41, 5.74) is 5.76. The van der Waals surface area contributed by atoms with Crippen molar-refractivity contribution >= 4 is 49.9 Å². The number of rotatable bonds is 3. The zero-order valence-corrected chi connectivity index (χ0v) is 16.4. The van der Waals surface area contributed by atoms with E-state index in [1.54, 1.807) is 11.3 Å². The minimum absolute atomic E-state index is 0.775. The summed E-state index contributed by atoms with van der Waals surface area (Å²) < 4.78 is 1.07. The van der Waals surface area contributed by atoms with Crippen molar-refractivity contribution in [2.75, 3.05) is 16.8 Å². The van der Waals surface area contributed by atoms with Crippen LogP contribution in [0.1, 0.15) is 11.1 Å². The van der Waals surface area contributed by atoms with E-state index in [2.05, 4.69) is 62.2 Å². The number of hydrogen-bond acceptors (Lipinski definition) is 6. The molecule has 29 heavy (non-hydrogen) atoms. The highest BCUT2D eigenvalue weighted by atomic mass is 32.1. The molecule has 2 aromatic carbocycles. The van der Waals surface area contributed by atoms with Gasteiger partial charge < -0.3 is 10.2 Å². The molecule has 0 bridgehead atoms. The van der Waals surface area contributed by atoms with Crippen molar-refractivity contribution in [2.45, 2.75) is 13.0 Å². The fraction of sp³-hybridized carbons (Fsp3) is 0.136. The zero-order valence-electron chi connectivity index (χ0n) is 15.6. The van der Waals surface area contributed by atoms with E-state index < -0.39 is 0 Å². The number of thiophene rings is 1. The number of aromatic nitrogens is 4.